The van der Waals surface area contributed by atoms with E-state index in [4.69, 9.17) is 26.6 Å². The maximum absolute atomic E-state index is 6.55. The first-order chi connectivity index (χ1) is 19.1. The first-order valence-electron chi connectivity index (χ1n) is 15.1. The van der Waals surface area contributed by atoms with Crippen LogP contribution in [0.3, 0.4) is 0 Å². The van der Waals surface area contributed by atoms with Gasteiger partial charge in [0.1, 0.15) is 0 Å². The molecular formula is C35H46Cl4N3V. The SMILES string of the molecule is CCCCc1cccc(CCCC)c1N=Cc1cc(Cl)cc(C=Nc2c(CCCC)cccc2CCCC)n1.[Cl-].[Cl-].[Cl-].[V+3]. The zero-order valence-corrected chi connectivity index (χ0v) is 30.5. The predicted octanol–water partition coefficient (Wildman–Crippen LogP) is 1.62. The molecule has 0 unspecified atom stereocenters. The summed E-state index contributed by atoms with van der Waals surface area (Å²) < 4.78 is 0. The fourth-order valence-electron chi connectivity index (χ4n) is 4.83. The number of nitrogens with zero attached hydrogens (tertiary/aromatic N) is 3. The molecule has 0 N–H and O–H groups in total. The number of aryl methyl sites for hydroxylation is 4. The summed E-state index contributed by atoms with van der Waals surface area (Å²) in [6.07, 6.45) is 17.2. The molecule has 0 atom stereocenters. The van der Waals surface area contributed by atoms with Crippen LogP contribution in [0.2, 0.25) is 5.02 Å². The molecule has 3 aromatic rings. The summed E-state index contributed by atoms with van der Waals surface area (Å²) in [5, 5.41) is 0.642. The quantitative estimate of drug-likeness (QED) is 0.210. The third-order valence-electron chi connectivity index (χ3n) is 7.09. The number of aromatic nitrogens is 1. The molecule has 0 aliphatic rings. The molecule has 0 fully saturated rings. The molecule has 1 heterocycles. The Balaban J connectivity index is 0. The molecule has 2 aromatic carbocycles. The van der Waals surface area contributed by atoms with Crippen LogP contribution in [0.5, 0.6) is 0 Å². The van der Waals surface area contributed by atoms with E-state index in [1.165, 1.54) is 47.9 Å². The van der Waals surface area contributed by atoms with E-state index in [-0.39, 0.29) is 55.8 Å². The van der Waals surface area contributed by atoms with Gasteiger partial charge in [0, 0.05) is 5.02 Å². The monoisotopic (exact) mass is 699 g/mol. The fourth-order valence-corrected chi connectivity index (χ4v) is 5.05. The maximum atomic E-state index is 6.55. The largest absolute Gasteiger partial charge is 3.00 e. The molecule has 43 heavy (non-hydrogen) atoms. The van der Waals surface area contributed by atoms with Crippen molar-refractivity contribution in [2.24, 2.45) is 9.98 Å². The number of rotatable bonds is 16. The molecule has 0 spiro atoms. The van der Waals surface area contributed by atoms with E-state index < -0.39 is 0 Å². The molecule has 0 amide bonds. The minimum atomic E-state index is 0. The number of halogens is 4. The van der Waals surface area contributed by atoms with E-state index in [1.807, 2.05) is 24.6 Å². The Labute approximate surface area is 296 Å². The smallest absolute Gasteiger partial charge is 1.00 e. The zero-order chi connectivity index (χ0) is 27.9. The third kappa shape index (κ3) is 14.5. The Bertz CT molecular complexity index is 1100. The normalized spacial score (nSPS) is 10.6. The van der Waals surface area contributed by atoms with Crippen molar-refractivity contribution in [1.29, 1.82) is 0 Å². The maximum Gasteiger partial charge on any atom is 3.00 e. The Morgan fingerprint density at radius 3 is 1.16 bits per heavy atom. The molecule has 8 heteroatoms. The van der Waals surface area contributed by atoms with Gasteiger partial charge in [-0.2, -0.15) is 0 Å². The Hall–Kier alpha value is -1.33. The van der Waals surface area contributed by atoms with E-state index in [0.717, 1.165) is 74.1 Å². The van der Waals surface area contributed by atoms with Crippen molar-refractivity contribution >= 4 is 35.4 Å². The van der Waals surface area contributed by atoms with Crippen molar-refractivity contribution in [2.75, 3.05) is 0 Å². The van der Waals surface area contributed by atoms with Gasteiger partial charge < -0.3 is 37.2 Å². The molecule has 0 saturated heterocycles. The summed E-state index contributed by atoms with van der Waals surface area (Å²) >= 11 is 6.55. The van der Waals surface area contributed by atoms with Gasteiger partial charge in [-0.15, -0.1) is 0 Å². The molecular weight excluding hydrogens is 655 g/mol. The van der Waals surface area contributed by atoms with E-state index >= 15 is 0 Å². The van der Waals surface area contributed by atoms with Crippen LogP contribution in [-0.2, 0) is 44.2 Å². The van der Waals surface area contributed by atoms with Crippen LogP contribution in [0.4, 0.5) is 11.4 Å². The van der Waals surface area contributed by atoms with Crippen molar-refractivity contribution in [3.05, 3.63) is 87.2 Å². The minimum absolute atomic E-state index is 0. The topological polar surface area (TPSA) is 37.6 Å². The molecule has 234 valence electrons. The summed E-state index contributed by atoms with van der Waals surface area (Å²) in [6.45, 7) is 8.94. The van der Waals surface area contributed by atoms with Crippen LogP contribution < -0.4 is 37.2 Å². The number of hydrogen-bond acceptors (Lipinski definition) is 3. The van der Waals surface area contributed by atoms with Gasteiger partial charge in [0.15, 0.2) is 0 Å². The number of hydrogen-bond donors (Lipinski definition) is 0. The van der Waals surface area contributed by atoms with Gasteiger partial charge >= 0.3 is 18.6 Å². The molecule has 0 aliphatic heterocycles. The first kappa shape index (κ1) is 43.8. The van der Waals surface area contributed by atoms with Crippen LogP contribution in [0.1, 0.15) is 113 Å². The summed E-state index contributed by atoms with van der Waals surface area (Å²) in [5.74, 6) is 0. The summed E-state index contributed by atoms with van der Waals surface area (Å²) in [7, 11) is 0. The standard InChI is InChI=1S/C35H46ClN3.3ClH.V/c1-5-9-15-27-19-13-20-28(16-10-6-2)34(27)37-25-32-23-31(36)24-33(39-32)26-38-35-29(17-11-7-3)21-14-22-30(35)18-12-8-4;;;;/h13-14,19-26H,5-12,15-18H2,1-4H3;3*1H;/q;;;;+3/p-3. The van der Waals surface area contributed by atoms with Crippen LogP contribution in [0.25, 0.3) is 0 Å². The van der Waals surface area contributed by atoms with Crippen molar-refractivity contribution < 1.29 is 55.8 Å². The average Bonchev–Trinajstić information content (AvgIpc) is 2.95. The Morgan fingerprint density at radius 2 is 0.884 bits per heavy atom. The summed E-state index contributed by atoms with van der Waals surface area (Å²) in [6, 6.07) is 17.0. The molecule has 0 bridgehead atoms. The predicted molar refractivity (Wildman–Crippen MR) is 171 cm³/mol. The van der Waals surface area contributed by atoms with Crippen molar-refractivity contribution in [1.82, 2.24) is 4.98 Å². The second-order valence-corrected chi connectivity index (χ2v) is 10.9. The van der Waals surface area contributed by atoms with Crippen LogP contribution >= 0.6 is 11.6 Å². The summed E-state index contributed by atoms with van der Waals surface area (Å²) in [4.78, 5) is 14.8. The van der Waals surface area contributed by atoms with Gasteiger partial charge in [0.05, 0.1) is 35.2 Å². The molecule has 0 aliphatic carbocycles. The number of para-hydroxylation sites is 2. The van der Waals surface area contributed by atoms with E-state index in [1.54, 1.807) is 0 Å². The minimum Gasteiger partial charge on any atom is -1.00 e. The second kappa shape index (κ2) is 24.9. The van der Waals surface area contributed by atoms with Crippen LogP contribution in [0, 0.1) is 0 Å². The molecule has 0 radical (unpaired) electrons. The molecule has 3 rings (SSSR count). The van der Waals surface area contributed by atoms with E-state index in [0.29, 0.717) is 5.02 Å². The van der Waals surface area contributed by atoms with Crippen molar-refractivity contribution in [3.8, 4) is 0 Å². The Morgan fingerprint density at radius 1 is 0.581 bits per heavy atom. The third-order valence-corrected chi connectivity index (χ3v) is 7.30. The van der Waals surface area contributed by atoms with Gasteiger partial charge in [0.25, 0.3) is 0 Å². The number of aliphatic imine (C=N–C) groups is 2. The van der Waals surface area contributed by atoms with Gasteiger partial charge in [-0.05, 0) is 85.8 Å². The van der Waals surface area contributed by atoms with Crippen molar-refractivity contribution in [3.63, 3.8) is 0 Å². The molecule has 3 nitrogen and oxygen atoms in total. The van der Waals surface area contributed by atoms with Gasteiger partial charge in [0.2, 0.25) is 0 Å². The number of benzene rings is 2. The van der Waals surface area contributed by atoms with Gasteiger partial charge in [-0.1, -0.05) is 101 Å². The van der Waals surface area contributed by atoms with E-state index in [9.17, 15) is 0 Å². The van der Waals surface area contributed by atoms with Crippen LogP contribution in [0.15, 0.2) is 58.5 Å². The summed E-state index contributed by atoms with van der Waals surface area (Å²) in [5.41, 5.74) is 8.95. The van der Waals surface area contributed by atoms with Gasteiger partial charge in [-0.25, -0.2) is 4.98 Å². The van der Waals surface area contributed by atoms with Crippen molar-refractivity contribution in [2.45, 2.75) is 105 Å². The average molecular weight is 702 g/mol. The van der Waals surface area contributed by atoms with Gasteiger partial charge in [-0.3, -0.25) is 9.98 Å². The zero-order valence-electron chi connectivity index (χ0n) is 26.1. The van der Waals surface area contributed by atoms with E-state index in [2.05, 4.69) is 64.1 Å². The first-order valence-corrected chi connectivity index (χ1v) is 15.4. The van der Waals surface area contributed by atoms with Crippen LogP contribution in [-0.4, -0.2) is 17.4 Å². The second-order valence-electron chi connectivity index (χ2n) is 10.4. The Kier molecular flexibility index (Phi) is 25.4. The fraction of sp³-hybridized carbons (Fsp3) is 0.457. The number of unbranched alkanes of at least 4 members (excludes halogenated alkanes) is 4. The number of pyridine rings is 1. The molecule has 0 saturated carbocycles. The molecule has 1 aromatic heterocycles.